The zero-order valence-electron chi connectivity index (χ0n) is 16.3. The number of aromatic nitrogens is 2. The Kier molecular flexibility index (Phi) is 6.88. The molecule has 1 aromatic heterocycles. The molecular weight excluding hydrogens is 472 g/mol. The van der Waals surface area contributed by atoms with Gasteiger partial charge in [-0.15, -0.1) is 0 Å². The van der Waals surface area contributed by atoms with Crippen LogP contribution in [0.5, 0.6) is 0 Å². The van der Waals surface area contributed by atoms with Gasteiger partial charge < -0.3 is 5.32 Å². The topological polar surface area (TPSA) is 110 Å². The largest absolute Gasteiger partial charge is 0.326 e. The standard InChI is InChI=1S/C20H21BrN4O4S/c1-2-11-30(28,29)24-16-6-4-15(5-7-16)23-19(26)9-10-25-13-22-18-8-3-14(21)12-17(18)20(25)27/h3-8,12-13,24H,2,9-11H2,1H3,(H,23,26). The van der Waals surface area contributed by atoms with Crippen LogP contribution in [0.4, 0.5) is 11.4 Å². The lowest BCUT2D eigenvalue weighted by Gasteiger charge is -2.10. The number of hydrogen-bond acceptors (Lipinski definition) is 5. The summed E-state index contributed by atoms with van der Waals surface area (Å²) in [6, 6.07) is 11.7. The van der Waals surface area contributed by atoms with E-state index in [1.54, 1.807) is 43.3 Å². The Morgan fingerprint density at radius 3 is 2.53 bits per heavy atom. The van der Waals surface area contributed by atoms with Crippen molar-refractivity contribution in [3.63, 3.8) is 0 Å². The first kappa shape index (κ1) is 22.0. The highest BCUT2D eigenvalue weighted by atomic mass is 79.9. The monoisotopic (exact) mass is 492 g/mol. The third-order valence-electron chi connectivity index (χ3n) is 4.28. The van der Waals surface area contributed by atoms with Gasteiger partial charge in [-0.1, -0.05) is 22.9 Å². The summed E-state index contributed by atoms with van der Waals surface area (Å²) in [6.45, 7) is 1.98. The van der Waals surface area contributed by atoms with Gasteiger partial charge in [-0.2, -0.15) is 0 Å². The molecule has 158 valence electrons. The van der Waals surface area contributed by atoms with Crippen LogP contribution in [-0.2, 0) is 21.4 Å². The van der Waals surface area contributed by atoms with E-state index in [-0.39, 0.29) is 30.2 Å². The van der Waals surface area contributed by atoms with E-state index in [1.165, 1.54) is 10.9 Å². The molecule has 0 saturated carbocycles. The molecule has 2 aromatic carbocycles. The molecule has 0 spiro atoms. The van der Waals surface area contributed by atoms with Crippen LogP contribution in [0.2, 0.25) is 0 Å². The van der Waals surface area contributed by atoms with Crippen molar-refractivity contribution in [1.82, 2.24) is 9.55 Å². The molecule has 0 fully saturated rings. The number of benzene rings is 2. The molecule has 0 saturated heterocycles. The molecule has 8 nitrogen and oxygen atoms in total. The Morgan fingerprint density at radius 1 is 1.13 bits per heavy atom. The van der Waals surface area contributed by atoms with E-state index in [2.05, 4.69) is 31.0 Å². The maximum Gasteiger partial charge on any atom is 0.261 e. The van der Waals surface area contributed by atoms with E-state index in [9.17, 15) is 18.0 Å². The molecule has 30 heavy (non-hydrogen) atoms. The molecule has 10 heteroatoms. The summed E-state index contributed by atoms with van der Waals surface area (Å²) >= 11 is 3.34. The highest BCUT2D eigenvalue weighted by Gasteiger charge is 2.10. The molecule has 0 aliphatic rings. The summed E-state index contributed by atoms with van der Waals surface area (Å²) in [7, 11) is -3.36. The van der Waals surface area contributed by atoms with Crippen LogP contribution in [0.15, 0.2) is 58.1 Å². The number of hydrogen-bond donors (Lipinski definition) is 2. The summed E-state index contributed by atoms with van der Waals surface area (Å²) in [4.78, 5) is 29.1. The Bertz CT molecular complexity index is 1220. The van der Waals surface area contributed by atoms with Gasteiger partial charge >= 0.3 is 0 Å². The minimum absolute atomic E-state index is 0.0471. The lowest BCUT2D eigenvalue weighted by atomic mass is 10.2. The number of nitrogens with one attached hydrogen (secondary N) is 2. The second kappa shape index (κ2) is 9.40. The molecule has 0 radical (unpaired) electrons. The molecule has 0 aliphatic carbocycles. The van der Waals surface area contributed by atoms with Gasteiger partial charge in [0, 0.05) is 28.8 Å². The van der Waals surface area contributed by atoms with Gasteiger partial charge in [0.1, 0.15) is 0 Å². The molecule has 2 N–H and O–H groups in total. The van der Waals surface area contributed by atoms with Gasteiger partial charge in [0.05, 0.1) is 23.0 Å². The third kappa shape index (κ3) is 5.67. The number of fused-ring (bicyclic) bond motifs is 1. The zero-order valence-corrected chi connectivity index (χ0v) is 18.7. The van der Waals surface area contributed by atoms with E-state index in [4.69, 9.17) is 0 Å². The highest BCUT2D eigenvalue weighted by molar-refractivity contribution is 9.10. The SMILES string of the molecule is CCCS(=O)(=O)Nc1ccc(NC(=O)CCn2cnc3ccc(Br)cc3c2=O)cc1. The first-order valence-electron chi connectivity index (χ1n) is 9.32. The fourth-order valence-electron chi connectivity index (χ4n) is 2.86. The number of carbonyl (C=O) groups excluding carboxylic acids is 1. The molecule has 0 aliphatic heterocycles. The Balaban J connectivity index is 1.60. The zero-order chi connectivity index (χ0) is 21.7. The maximum absolute atomic E-state index is 12.6. The molecule has 1 amide bonds. The van der Waals surface area contributed by atoms with Crippen molar-refractivity contribution in [2.45, 2.75) is 26.3 Å². The fourth-order valence-corrected chi connectivity index (χ4v) is 4.35. The molecule has 0 atom stereocenters. The van der Waals surface area contributed by atoms with Crippen LogP contribution in [0.1, 0.15) is 19.8 Å². The number of sulfonamides is 1. The Hall–Kier alpha value is -2.72. The maximum atomic E-state index is 12.6. The lowest BCUT2D eigenvalue weighted by molar-refractivity contribution is -0.116. The van der Waals surface area contributed by atoms with Crippen LogP contribution in [0.25, 0.3) is 10.9 Å². The smallest absolute Gasteiger partial charge is 0.261 e. The molecule has 3 aromatic rings. The summed E-state index contributed by atoms with van der Waals surface area (Å²) in [5.74, 6) is -0.221. The Labute approximate surface area is 182 Å². The van der Waals surface area contributed by atoms with Crippen LogP contribution in [0.3, 0.4) is 0 Å². The van der Waals surface area contributed by atoms with Crippen LogP contribution >= 0.6 is 15.9 Å². The first-order chi connectivity index (χ1) is 14.3. The van der Waals surface area contributed by atoms with Crippen molar-refractivity contribution in [3.8, 4) is 0 Å². The van der Waals surface area contributed by atoms with Gasteiger partial charge in [0.25, 0.3) is 5.56 Å². The van der Waals surface area contributed by atoms with Crippen molar-refractivity contribution in [1.29, 1.82) is 0 Å². The predicted octanol–water partition coefficient (Wildman–Crippen LogP) is 3.34. The average molecular weight is 493 g/mol. The highest BCUT2D eigenvalue weighted by Crippen LogP contribution is 2.16. The van der Waals surface area contributed by atoms with Crippen LogP contribution < -0.4 is 15.6 Å². The van der Waals surface area contributed by atoms with Crippen molar-refractivity contribution < 1.29 is 13.2 Å². The minimum Gasteiger partial charge on any atom is -0.326 e. The number of carbonyl (C=O) groups is 1. The quantitative estimate of drug-likeness (QED) is 0.500. The van der Waals surface area contributed by atoms with Gasteiger partial charge in [-0.3, -0.25) is 18.9 Å². The van der Waals surface area contributed by atoms with E-state index in [0.717, 1.165) is 4.47 Å². The molecule has 0 unspecified atom stereocenters. The Morgan fingerprint density at radius 2 is 1.83 bits per heavy atom. The molecule has 0 bridgehead atoms. The number of rotatable bonds is 8. The average Bonchev–Trinajstić information content (AvgIpc) is 2.69. The normalized spacial score (nSPS) is 11.4. The van der Waals surface area contributed by atoms with E-state index in [0.29, 0.717) is 28.7 Å². The van der Waals surface area contributed by atoms with E-state index >= 15 is 0 Å². The van der Waals surface area contributed by atoms with Gasteiger partial charge in [-0.05, 0) is 48.9 Å². The first-order valence-corrected chi connectivity index (χ1v) is 11.8. The lowest BCUT2D eigenvalue weighted by Crippen LogP contribution is -2.23. The van der Waals surface area contributed by atoms with Crippen molar-refractivity contribution in [2.75, 3.05) is 15.8 Å². The number of aryl methyl sites for hydroxylation is 1. The van der Waals surface area contributed by atoms with Crippen molar-refractivity contribution in [2.24, 2.45) is 0 Å². The summed E-state index contributed by atoms with van der Waals surface area (Å²) in [5.41, 5.74) is 1.35. The van der Waals surface area contributed by atoms with Crippen LogP contribution in [-0.4, -0.2) is 29.6 Å². The molecular formula is C20H21BrN4O4S. The molecule has 3 rings (SSSR count). The third-order valence-corrected chi connectivity index (χ3v) is 6.27. The van der Waals surface area contributed by atoms with Crippen molar-refractivity contribution >= 4 is 54.1 Å². The summed E-state index contributed by atoms with van der Waals surface area (Å²) < 4.78 is 28.3. The second-order valence-corrected chi connectivity index (χ2v) is 9.46. The summed E-state index contributed by atoms with van der Waals surface area (Å²) in [5, 5.41) is 3.21. The van der Waals surface area contributed by atoms with Crippen LogP contribution in [0, 0.1) is 0 Å². The minimum atomic E-state index is -3.36. The number of halogens is 1. The number of anilines is 2. The van der Waals surface area contributed by atoms with Crippen molar-refractivity contribution in [3.05, 3.63) is 63.6 Å². The predicted molar refractivity (Wildman–Crippen MR) is 121 cm³/mol. The fraction of sp³-hybridized carbons (Fsp3) is 0.250. The molecule has 1 heterocycles. The summed E-state index contributed by atoms with van der Waals surface area (Å²) in [6.07, 6.45) is 2.05. The number of nitrogens with zero attached hydrogens (tertiary/aromatic N) is 2. The van der Waals surface area contributed by atoms with E-state index in [1.807, 2.05) is 6.07 Å². The van der Waals surface area contributed by atoms with Gasteiger partial charge in [0.2, 0.25) is 15.9 Å². The second-order valence-electron chi connectivity index (χ2n) is 6.70. The van der Waals surface area contributed by atoms with Gasteiger partial charge in [-0.25, -0.2) is 13.4 Å². The number of amides is 1. The van der Waals surface area contributed by atoms with Gasteiger partial charge in [0.15, 0.2) is 0 Å². The van der Waals surface area contributed by atoms with E-state index < -0.39 is 10.0 Å².